The van der Waals surface area contributed by atoms with Gasteiger partial charge in [0, 0.05) is 0 Å². The SMILES string of the molecule is Cc1cc(-c2cc(C)c(O)cc2C(C)C)c(C(C)C)cc1O. The van der Waals surface area contributed by atoms with E-state index < -0.39 is 0 Å². The number of aromatic hydroxyl groups is 2. The number of aryl methyl sites for hydroxylation is 2. The third-order valence-electron chi connectivity index (χ3n) is 4.27. The third kappa shape index (κ3) is 2.96. The van der Waals surface area contributed by atoms with Crippen molar-refractivity contribution >= 4 is 0 Å². The highest BCUT2D eigenvalue weighted by Crippen LogP contribution is 2.40. The number of hydrogen-bond donors (Lipinski definition) is 2. The molecule has 0 saturated heterocycles. The molecular formula is C20H26O2. The highest BCUT2D eigenvalue weighted by atomic mass is 16.3. The van der Waals surface area contributed by atoms with Crippen molar-refractivity contribution in [2.45, 2.75) is 53.4 Å². The Kier molecular flexibility index (Phi) is 4.50. The summed E-state index contributed by atoms with van der Waals surface area (Å²) < 4.78 is 0. The predicted octanol–water partition coefficient (Wildman–Crippen LogP) is 5.63. The fraction of sp³-hybridized carbons (Fsp3) is 0.400. The van der Waals surface area contributed by atoms with E-state index in [0.29, 0.717) is 23.3 Å². The van der Waals surface area contributed by atoms with Crippen LogP contribution in [0.5, 0.6) is 11.5 Å². The lowest BCUT2D eigenvalue weighted by molar-refractivity contribution is 0.469. The first kappa shape index (κ1) is 16.4. The molecule has 0 aliphatic heterocycles. The number of phenols is 2. The Balaban J connectivity index is 2.81. The van der Waals surface area contributed by atoms with Gasteiger partial charge in [0.1, 0.15) is 11.5 Å². The van der Waals surface area contributed by atoms with Crippen molar-refractivity contribution in [2.24, 2.45) is 0 Å². The van der Waals surface area contributed by atoms with Crippen LogP contribution in [0.15, 0.2) is 24.3 Å². The first-order chi connectivity index (χ1) is 10.2. The van der Waals surface area contributed by atoms with Crippen LogP contribution < -0.4 is 0 Å². The van der Waals surface area contributed by atoms with Crippen molar-refractivity contribution in [1.29, 1.82) is 0 Å². The van der Waals surface area contributed by atoms with Gasteiger partial charge in [-0.3, -0.25) is 0 Å². The molecule has 118 valence electrons. The van der Waals surface area contributed by atoms with Crippen LogP contribution in [0, 0.1) is 13.8 Å². The lowest BCUT2D eigenvalue weighted by Crippen LogP contribution is -1.99. The fourth-order valence-electron chi connectivity index (χ4n) is 2.85. The summed E-state index contributed by atoms with van der Waals surface area (Å²) in [5.74, 6) is 1.31. The Labute approximate surface area is 133 Å². The number of benzene rings is 2. The van der Waals surface area contributed by atoms with Crippen molar-refractivity contribution in [3.63, 3.8) is 0 Å². The minimum absolute atomic E-state index is 0.315. The van der Waals surface area contributed by atoms with Gasteiger partial charge in [-0.05, 0) is 83.3 Å². The van der Waals surface area contributed by atoms with Crippen LogP contribution >= 0.6 is 0 Å². The van der Waals surface area contributed by atoms with Gasteiger partial charge in [0.2, 0.25) is 0 Å². The molecule has 0 radical (unpaired) electrons. The molecule has 0 spiro atoms. The van der Waals surface area contributed by atoms with E-state index in [-0.39, 0.29) is 0 Å². The summed E-state index contributed by atoms with van der Waals surface area (Å²) >= 11 is 0. The molecule has 0 aromatic heterocycles. The van der Waals surface area contributed by atoms with Gasteiger partial charge in [-0.2, -0.15) is 0 Å². The van der Waals surface area contributed by atoms with E-state index in [9.17, 15) is 10.2 Å². The van der Waals surface area contributed by atoms with Crippen molar-refractivity contribution in [3.05, 3.63) is 46.5 Å². The minimum atomic E-state index is 0.315. The van der Waals surface area contributed by atoms with Gasteiger partial charge in [-0.1, -0.05) is 27.7 Å². The van der Waals surface area contributed by atoms with Crippen LogP contribution in [0.25, 0.3) is 11.1 Å². The molecule has 0 atom stereocenters. The summed E-state index contributed by atoms with van der Waals surface area (Å²) in [6, 6.07) is 7.87. The molecule has 0 aliphatic carbocycles. The molecule has 2 N–H and O–H groups in total. The van der Waals surface area contributed by atoms with E-state index in [1.807, 2.05) is 26.0 Å². The summed E-state index contributed by atoms with van der Waals surface area (Å²) in [5.41, 5.74) is 6.32. The maximum Gasteiger partial charge on any atom is 0.118 e. The highest BCUT2D eigenvalue weighted by molar-refractivity contribution is 5.75. The molecule has 0 heterocycles. The van der Waals surface area contributed by atoms with E-state index in [1.165, 1.54) is 0 Å². The van der Waals surface area contributed by atoms with Crippen LogP contribution in [0.2, 0.25) is 0 Å². The average molecular weight is 298 g/mol. The van der Waals surface area contributed by atoms with Crippen LogP contribution in [0.1, 0.15) is 61.8 Å². The van der Waals surface area contributed by atoms with Gasteiger partial charge in [0.05, 0.1) is 0 Å². The first-order valence-corrected chi connectivity index (χ1v) is 7.89. The second-order valence-corrected chi connectivity index (χ2v) is 6.76. The Hall–Kier alpha value is -1.96. The Morgan fingerprint density at radius 2 is 0.955 bits per heavy atom. The minimum Gasteiger partial charge on any atom is -0.508 e. The lowest BCUT2D eigenvalue weighted by Gasteiger charge is -2.20. The smallest absolute Gasteiger partial charge is 0.118 e. The van der Waals surface area contributed by atoms with Gasteiger partial charge in [-0.15, -0.1) is 0 Å². The maximum absolute atomic E-state index is 10.1. The topological polar surface area (TPSA) is 40.5 Å². The van der Waals surface area contributed by atoms with Crippen molar-refractivity contribution in [1.82, 2.24) is 0 Å². The van der Waals surface area contributed by atoms with E-state index in [1.54, 1.807) is 0 Å². The summed E-state index contributed by atoms with van der Waals surface area (Å²) in [7, 11) is 0. The van der Waals surface area contributed by atoms with Crippen LogP contribution in [0.3, 0.4) is 0 Å². The molecule has 0 fully saturated rings. The molecule has 0 saturated carbocycles. The summed E-state index contributed by atoms with van der Waals surface area (Å²) in [4.78, 5) is 0. The summed E-state index contributed by atoms with van der Waals surface area (Å²) in [6.07, 6.45) is 0. The molecule has 2 aromatic carbocycles. The number of phenolic OH excluding ortho intramolecular Hbond substituents is 2. The monoisotopic (exact) mass is 298 g/mol. The third-order valence-corrected chi connectivity index (χ3v) is 4.27. The van der Waals surface area contributed by atoms with E-state index >= 15 is 0 Å². The predicted molar refractivity (Wildman–Crippen MR) is 92.9 cm³/mol. The molecule has 0 aliphatic rings. The molecule has 2 heteroatoms. The number of hydrogen-bond acceptors (Lipinski definition) is 2. The summed E-state index contributed by atoms with van der Waals surface area (Å²) in [5, 5.41) is 20.1. The molecule has 22 heavy (non-hydrogen) atoms. The van der Waals surface area contributed by atoms with Crippen molar-refractivity contribution in [2.75, 3.05) is 0 Å². The van der Waals surface area contributed by atoms with E-state index in [0.717, 1.165) is 33.4 Å². The van der Waals surface area contributed by atoms with Gasteiger partial charge in [0.15, 0.2) is 0 Å². The van der Waals surface area contributed by atoms with Gasteiger partial charge < -0.3 is 10.2 Å². The van der Waals surface area contributed by atoms with E-state index in [2.05, 4.69) is 39.8 Å². The zero-order valence-electron chi connectivity index (χ0n) is 14.4. The van der Waals surface area contributed by atoms with Crippen LogP contribution in [0.4, 0.5) is 0 Å². The summed E-state index contributed by atoms with van der Waals surface area (Å²) in [6.45, 7) is 12.4. The Morgan fingerprint density at radius 3 is 1.23 bits per heavy atom. The average Bonchev–Trinajstić information content (AvgIpc) is 2.43. The van der Waals surface area contributed by atoms with Gasteiger partial charge >= 0.3 is 0 Å². The van der Waals surface area contributed by atoms with Crippen LogP contribution in [-0.2, 0) is 0 Å². The molecule has 0 bridgehead atoms. The Morgan fingerprint density at radius 1 is 0.636 bits per heavy atom. The molecule has 2 nitrogen and oxygen atoms in total. The van der Waals surface area contributed by atoms with Crippen molar-refractivity contribution < 1.29 is 10.2 Å². The molecule has 2 rings (SSSR count). The number of rotatable bonds is 3. The highest BCUT2D eigenvalue weighted by Gasteiger charge is 2.17. The van der Waals surface area contributed by atoms with Crippen LogP contribution in [-0.4, -0.2) is 10.2 Å². The molecular weight excluding hydrogens is 272 g/mol. The first-order valence-electron chi connectivity index (χ1n) is 7.89. The quantitative estimate of drug-likeness (QED) is 0.771. The molecule has 0 unspecified atom stereocenters. The fourth-order valence-corrected chi connectivity index (χ4v) is 2.85. The normalized spacial score (nSPS) is 11.5. The van der Waals surface area contributed by atoms with E-state index in [4.69, 9.17) is 0 Å². The standard InChI is InChI=1S/C20H26O2/c1-11(2)15-9-19(21)13(5)7-17(15)18-8-14(6)20(22)10-16(18)12(3)4/h7-12,21-22H,1-6H3. The molecule has 2 aromatic rings. The largest absolute Gasteiger partial charge is 0.508 e. The Bertz CT molecular complexity index is 636. The zero-order valence-corrected chi connectivity index (χ0v) is 14.4. The van der Waals surface area contributed by atoms with Gasteiger partial charge in [-0.25, -0.2) is 0 Å². The maximum atomic E-state index is 10.1. The second kappa shape index (κ2) is 6.04. The second-order valence-electron chi connectivity index (χ2n) is 6.76. The lowest BCUT2D eigenvalue weighted by atomic mass is 9.85. The molecule has 0 amide bonds. The van der Waals surface area contributed by atoms with Gasteiger partial charge in [0.25, 0.3) is 0 Å². The zero-order chi connectivity index (χ0) is 16.6. The van der Waals surface area contributed by atoms with Crippen molar-refractivity contribution in [3.8, 4) is 22.6 Å².